The van der Waals surface area contributed by atoms with Gasteiger partial charge in [0.1, 0.15) is 0 Å². The molecule has 2 fully saturated rings. The van der Waals surface area contributed by atoms with Crippen LogP contribution in [0.5, 0.6) is 0 Å². The Hall–Kier alpha value is -2.37. The predicted molar refractivity (Wildman–Crippen MR) is 89.2 cm³/mol. The number of hydrogen-bond donors (Lipinski definition) is 1. The number of carbonyl (C=O) groups is 3. The van der Waals surface area contributed by atoms with Crippen molar-refractivity contribution in [3.05, 3.63) is 35.9 Å². The van der Waals surface area contributed by atoms with Crippen LogP contribution in [0.2, 0.25) is 0 Å². The van der Waals surface area contributed by atoms with E-state index < -0.39 is 0 Å². The number of benzene rings is 1. The molecule has 0 saturated carbocycles. The van der Waals surface area contributed by atoms with Crippen LogP contribution in [0, 0.1) is 5.92 Å². The molecule has 1 aromatic carbocycles. The molecule has 24 heavy (non-hydrogen) atoms. The van der Waals surface area contributed by atoms with Crippen molar-refractivity contribution in [3.8, 4) is 0 Å². The third-order valence-electron chi connectivity index (χ3n) is 4.60. The second-order valence-corrected chi connectivity index (χ2v) is 6.49. The molecule has 1 aromatic rings. The van der Waals surface area contributed by atoms with Gasteiger partial charge < -0.3 is 10.2 Å². The van der Waals surface area contributed by atoms with Crippen LogP contribution in [0.1, 0.15) is 24.8 Å². The molecule has 4 amide bonds. The molecule has 0 radical (unpaired) electrons. The SMILES string of the molecule is O=C(NCCCc1ccccc1)N1CC(CN2C(=O)CCC2=O)C1. The highest BCUT2D eigenvalue weighted by atomic mass is 16.2. The van der Waals surface area contributed by atoms with Gasteiger partial charge in [0, 0.05) is 44.9 Å². The van der Waals surface area contributed by atoms with Crippen LogP contribution in [-0.4, -0.2) is 53.8 Å². The number of aryl methyl sites for hydroxylation is 1. The quantitative estimate of drug-likeness (QED) is 0.634. The maximum absolute atomic E-state index is 12.0. The molecule has 0 aliphatic carbocycles. The van der Waals surface area contributed by atoms with E-state index in [9.17, 15) is 14.4 Å². The van der Waals surface area contributed by atoms with Gasteiger partial charge in [0.25, 0.3) is 0 Å². The molecular formula is C18H23N3O3. The lowest BCUT2D eigenvalue weighted by Gasteiger charge is -2.40. The van der Waals surface area contributed by atoms with E-state index in [1.807, 2.05) is 18.2 Å². The molecule has 0 spiro atoms. The molecule has 0 unspecified atom stereocenters. The van der Waals surface area contributed by atoms with Gasteiger partial charge >= 0.3 is 6.03 Å². The van der Waals surface area contributed by atoms with E-state index in [1.54, 1.807) is 4.90 Å². The van der Waals surface area contributed by atoms with Gasteiger partial charge in [0.05, 0.1) is 0 Å². The summed E-state index contributed by atoms with van der Waals surface area (Å²) in [6, 6.07) is 10.1. The summed E-state index contributed by atoms with van der Waals surface area (Å²) in [5.41, 5.74) is 1.27. The highest BCUT2D eigenvalue weighted by Crippen LogP contribution is 2.20. The van der Waals surface area contributed by atoms with Crippen molar-refractivity contribution in [2.24, 2.45) is 5.92 Å². The van der Waals surface area contributed by atoms with Crippen molar-refractivity contribution in [2.75, 3.05) is 26.2 Å². The fourth-order valence-electron chi connectivity index (χ4n) is 3.18. The fraction of sp³-hybridized carbons (Fsp3) is 0.500. The second kappa shape index (κ2) is 7.47. The summed E-state index contributed by atoms with van der Waals surface area (Å²) in [5, 5.41) is 2.93. The molecule has 128 valence electrons. The Labute approximate surface area is 141 Å². The largest absolute Gasteiger partial charge is 0.338 e. The van der Waals surface area contributed by atoms with Gasteiger partial charge in [-0.25, -0.2) is 4.79 Å². The van der Waals surface area contributed by atoms with Gasteiger partial charge in [-0.15, -0.1) is 0 Å². The van der Waals surface area contributed by atoms with Gasteiger partial charge in [-0.1, -0.05) is 30.3 Å². The number of carbonyl (C=O) groups excluding carboxylic acids is 3. The topological polar surface area (TPSA) is 69.7 Å². The van der Waals surface area contributed by atoms with Crippen molar-refractivity contribution in [2.45, 2.75) is 25.7 Å². The molecule has 2 aliphatic heterocycles. The molecule has 6 nitrogen and oxygen atoms in total. The first-order valence-corrected chi connectivity index (χ1v) is 8.53. The summed E-state index contributed by atoms with van der Waals surface area (Å²) in [5.74, 6) is 0.0543. The molecule has 2 heterocycles. The van der Waals surface area contributed by atoms with Crippen molar-refractivity contribution in [1.82, 2.24) is 15.1 Å². The van der Waals surface area contributed by atoms with Crippen LogP contribution in [-0.2, 0) is 16.0 Å². The molecule has 3 rings (SSSR count). The minimum absolute atomic E-state index is 0.0570. The number of imide groups is 1. The predicted octanol–water partition coefficient (Wildman–Crippen LogP) is 1.41. The monoisotopic (exact) mass is 329 g/mol. The summed E-state index contributed by atoms with van der Waals surface area (Å²) in [4.78, 5) is 38.3. The lowest BCUT2D eigenvalue weighted by atomic mass is 10.00. The molecule has 6 heteroatoms. The van der Waals surface area contributed by atoms with E-state index in [0.29, 0.717) is 39.0 Å². The summed E-state index contributed by atoms with van der Waals surface area (Å²) in [7, 11) is 0. The average molecular weight is 329 g/mol. The summed E-state index contributed by atoms with van der Waals surface area (Å²) >= 11 is 0. The number of hydrogen-bond acceptors (Lipinski definition) is 3. The number of nitrogens with zero attached hydrogens (tertiary/aromatic N) is 2. The van der Waals surface area contributed by atoms with E-state index in [1.165, 1.54) is 10.5 Å². The molecule has 0 atom stereocenters. The minimum Gasteiger partial charge on any atom is -0.338 e. The lowest BCUT2D eigenvalue weighted by molar-refractivity contribution is -0.139. The Balaban J connectivity index is 1.30. The number of rotatable bonds is 6. The third kappa shape index (κ3) is 3.93. The number of amides is 4. The normalized spacial score (nSPS) is 18.0. The van der Waals surface area contributed by atoms with Crippen LogP contribution < -0.4 is 5.32 Å². The van der Waals surface area contributed by atoms with Crippen molar-refractivity contribution >= 4 is 17.8 Å². The zero-order chi connectivity index (χ0) is 16.9. The second-order valence-electron chi connectivity index (χ2n) is 6.49. The smallest absolute Gasteiger partial charge is 0.317 e. The zero-order valence-corrected chi connectivity index (χ0v) is 13.7. The summed E-state index contributed by atoms with van der Waals surface area (Å²) in [6.45, 7) is 2.33. The maximum atomic E-state index is 12.0. The number of urea groups is 1. The highest BCUT2D eigenvalue weighted by molar-refractivity contribution is 6.01. The van der Waals surface area contributed by atoms with Crippen molar-refractivity contribution in [1.29, 1.82) is 0 Å². The van der Waals surface area contributed by atoms with E-state index in [2.05, 4.69) is 17.4 Å². The molecule has 1 N–H and O–H groups in total. The van der Waals surface area contributed by atoms with Crippen LogP contribution in [0.3, 0.4) is 0 Å². The number of nitrogens with one attached hydrogen (secondary N) is 1. The first kappa shape index (κ1) is 16.5. The zero-order valence-electron chi connectivity index (χ0n) is 13.7. The Bertz CT molecular complexity index is 595. The standard InChI is InChI=1S/C18H23N3O3/c22-16-8-9-17(23)21(16)13-15-11-20(12-15)18(24)19-10-4-7-14-5-2-1-3-6-14/h1-3,5-6,15H,4,7-13H2,(H,19,24). The summed E-state index contributed by atoms with van der Waals surface area (Å²) in [6.07, 6.45) is 2.51. The average Bonchev–Trinajstić information content (AvgIpc) is 2.86. The Morgan fingerprint density at radius 1 is 1.08 bits per heavy atom. The minimum atomic E-state index is -0.0798. The Kier molecular flexibility index (Phi) is 5.13. The van der Waals surface area contributed by atoms with Gasteiger partial charge in [0.15, 0.2) is 0 Å². The third-order valence-corrected chi connectivity index (χ3v) is 4.60. The van der Waals surface area contributed by atoms with Gasteiger partial charge in [0.2, 0.25) is 11.8 Å². The first-order valence-electron chi connectivity index (χ1n) is 8.53. The van der Waals surface area contributed by atoms with Crippen LogP contribution >= 0.6 is 0 Å². The van der Waals surface area contributed by atoms with Crippen LogP contribution in [0.15, 0.2) is 30.3 Å². The first-order chi connectivity index (χ1) is 11.6. The van der Waals surface area contributed by atoms with Gasteiger partial charge in [-0.2, -0.15) is 0 Å². The van der Waals surface area contributed by atoms with Crippen LogP contribution in [0.4, 0.5) is 4.79 Å². The number of likely N-dealkylation sites (tertiary alicyclic amines) is 2. The lowest BCUT2D eigenvalue weighted by Crippen LogP contribution is -2.57. The molecule has 2 saturated heterocycles. The fourth-order valence-corrected chi connectivity index (χ4v) is 3.18. The highest BCUT2D eigenvalue weighted by Gasteiger charge is 2.36. The van der Waals surface area contributed by atoms with E-state index in [4.69, 9.17) is 0 Å². The Morgan fingerprint density at radius 3 is 2.42 bits per heavy atom. The van der Waals surface area contributed by atoms with E-state index in [0.717, 1.165) is 12.8 Å². The van der Waals surface area contributed by atoms with Crippen molar-refractivity contribution < 1.29 is 14.4 Å². The van der Waals surface area contributed by atoms with E-state index >= 15 is 0 Å². The van der Waals surface area contributed by atoms with Crippen LogP contribution in [0.25, 0.3) is 0 Å². The molecular weight excluding hydrogens is 306 g/mol. The van der Waals surface area contributed by atoms with Crippen molar-refractivity contribution in [3.63, 3.8) is 0 Å². The molecule has 2 aliphatic rings. The van der Waals surface area contributed by atoms with Gasteiger partial charge in [-0.3, -0.25) is 14.5 Å². The maximum Gasteiger partial charge on any atom is 0.317 e. The molecule has 0 bridgehead atoms. The van der Waals surface area contributed by atoms with E-state index in [-0.39, 0.29) is 23.8 Å². The molecule has 0 aromatic heterocycles. The summed E-state index contributed by atoms with van der Waals surface area (Å²) < 4.78 is 0. The van der Waals surface area contributed by atoms with Gasteiger partial charge in [-0.05, 0) is 18.4 Å². The Morgan fingerprint density at radius 2 is 1.75 bits per heavy atom.